The fourth-order valence-electron chi connectivity index (χ4n) is 1.24. The molecule has 0 aromatic carbocycles. The second-order valence-corrected chi connectivity index (χ2v) is 2.69. The van der Waals surface area contributed by atoms with Crippen molar-refractivity contribution in [2.24, 2.45) is 0 Å². The van der Waals surface area contributed by atoms with Gasteiger partial charge in [-0.1, -0.05) is 0 Å². The van der Waals surface area contributed by atoms with Crippen LogP contribution in [0.5, 0.6) is 0 Å². The lowest BCUT2D eigenvalue weighted by molar-refractivity contribution is -0.142. The number of nitrogens with one attached hydrogen (secondary N) is 2. The number of rotatable bonds is 3. The minimum Gasteiger partial charge on any atom is -0.460 e. The molecule has 64 valence electrons. The molecule has 0 spiro atoms. The van der Waals surface area contributed by atoms with Crippen LogP contribution in [0.25, 0.3) is 0 Å². The van der Waals surface area contributed by atoms with Gasteiger partial charge in [-0.25, -0.2) is 0 Å². The van der Waals surface area contributed by atoms with E-state index in [9.17, 15) is 4.79 Å². The van der Waals surface area contributed by atoms with Crippen LogP contribution in [0.2, 0.25) is 0 Å². The van der Waals surface area contributed by atoms with Crippen molar-refractivity contribution < 1.29 is 9.53 Å². The highest BCUT2D eigenvalue weighted by Crippen LogP contribution is 2.13. The molecule has 0 aliphatic carbocycles. The first-order chi connectivity index (χ1) is 5.27. The van der Waals surface area contributed by atoms with Crippen molar-refractivity contribution in [1.82, 2.24) is 10.6 Å². The predicted octanol–water partition coefficient (Wildman–Crippen LogP) is -0.891. The molecular weight excluding hydrogens is 144 g/mol. The van der Waals surface area contributed by atoms with Crippen molar-refractivity contribution >= 4 is 5.97 Å². The summed E-state index contributed by atoms with van der Waals surface area (Å²) in [5.41, 5.74) is 0. The highest BCUT2D eigenvalue weighted by atomic mass is 16.6. The van der Waals surface area contributed by atoms with Crippen LogP contribution in [-0.2, 0) is 9.53 Å². The van der Waals surface area contributed by atoms with Gasteiger partial charge in [0.15, 0.2) is 0 Å². The Morgan fingerprint density at radius 1 is 1.64 bits per heavy atom. The van der Waals surface area contributed by atoms with E-state index in [-0.39, 0.29) is 18.1 Å². The summed E-state index contributed by atoms with van der Waals surface area (Å²) in [5, 5.41) is 5.87. The second kappa shape index (κ2) is 3.69. The molecule has 0 unspecified atom stereocenters. The van der Waals surface area contributed by atoms with E-state index in [0.29, 0.717) is 0 Å². The van der Waals surface area contributed by atoms with Gasteiger partial charge < -0.3 is 15.4 Å². The van der Waals surface area contributed by atoms with Crippen molar-refractivity contribution in [3.63, 3.8) is 0 Å². The zero-order valence-corrected chi connectivity index (χ0v) is 6.89. The Kier molecular flexibility index (Phi) is 2.84. The number of hydrogen-bond donors (Lipinski definition) is 2. The van der Waals surface area contributed by atoms with E-state index in [2.05, 4.69) is 10.6 Å². The SMILES string of the molecule is CNC[C@H]1C[C@H](NC)C(=O)O1. The van der Waals surface area contributed by atoms with Gasteiger partial charge in [-0.15, -0.1) is 0 Å². The van der Waals surface area contributed by atoms with Gasteiger partial charge in [-0.3, -0.25) is 4.79 Å². The third-order valence-electron chi connectivity index (χ3n) is 1.85. The Balaban J connectivity index is 2.36. The van der Waals surface area contributed by atoms with Crippen molar-refractivity contribution in [2.75, 3.05) is 20.6 Å². The van der Waals surface area contributed by atoms with E-state index in [1.807, 2.05) is 7.05 Å². The minimum atomic E-state index is -0.132. The van der Waals surface area contributed by atoms with E-state index in [0.717, 1.165) is 13.0 Å². The summed E-state index contributed by atoms with van der Waals surface area (Å²) < 4.78 is 5.04. The van der Waals surface area contributed by atoms with Gasteiger partial charge >= 0.3 is 5.97 Å². The Hall–Kier alpha value is -0.610. The van der Waals surface area contributed by atoms with Crippen LogP contribution in [0.15, 0.2) is 0 Å². The number of esters is 1. The lowest BCUT2D eigenvalue weighted by Gasteiger charge is -2.05. The normalized spacial score (nSPS) is 30.5. The van der Waals surface area contributed by atoms with Gasteiger partial charge in [0.25, 0.3) is 0 Å². The molecule has 0 bridgehead atoms. The van der Waals surface area contributed by atoms with Crippen molar-refractivity contribution in [1.29, 1.82) is 0 Å². The fourth-order valence-corrected chi connectivity index (χ4v) is 1.24. The lowest BCUT2D eigenvalue weighted by atomic mass is 10.2. The van der Waals surface area contributed by atoms with Gasteiger partial charge in [-0.2, -0.15) is 0 Å². The molecule has 4 heteroatoms. The maximum absolute atomic E-state index is 11.0. The first-order valence-corrected chi connectivity index (χ1v) is 3.80. The van der Waals surface area contributed by atoms with E-state index in [1.165, 1.54) is 0 Å². The molecule has 1 aliphatic heterocycles. The molecule has 1 aliphatic rings. The number of ether oxygens (including phenoxy) is 1. The van der Waals surface area contributed by atoms with Gasteiger partial charge in [0, 0.05) is 13.0 Å². The lowest BCUT2D eigenvalue weighted by Crippen LogP contribution is -2.29. The standard InChI is InChI=1S/C7H14N2O2/c1-8-4-5-3-6(9-2)7(10)11-5/h5-6,8-9H,3-4H2,1-2H3/t5-,6+/m1/s1. The average molecular weight is 158 g/mol. The van der Waals surface area contributed by atoms with Gasteiger partial charge in [-0.05, 0) is 14.1 Å². The molecule has 0 aromatic rings. The average Bonchev–Trinajstić information content (AvgIpc) is 2.32. The van der Waals surface area contributed by atoms with Crippen LogP contribution in [0.1, 0.15) is 6.42 Å². The smallest absolute Gasteiger partial charge is 0.323 e. The fraction of sp³-hybridized carbons (Fsp3) is 0.857. The molecule has 11 heavy (non-hydrogen) atoms. The molecule has 2 N–H and O–H groups in total. The summed E-state index contributed by atoms with van der Waals surface area (Å²) >= 11 is 0. The third-order valence-corrected chi connectivity index (χ3v) is 1.85. The summed E-state index contributed by atoms with van der Waals surface area (Å²) in [6.07, 6.45) is 0.820. The molecule has 0 saturated carbocycles. The molecule has 1 rings (SSSR count). The topological polar surface area (TPSA) is 50.4 Å². The van der Waals surface area contributed by atoms with Gasteiger partial charge in [0.1, 0.15) is 12.1 Å². The number of likely N-dealkylation sites (N-methyl/N-ethyl adjacent to an activating group) is 2. The first kappa shape index (κ1) is 8.49. The number of cyclic esters (lactones) is 1. The number of carbonyl (C=O) groups is 1. The van der Waals surface area contributed by atoms with E-state index in [1.54, 1.807) is 7.05 Å². The minimum absolute atomic E-state index is 0.0462. The van der Waals surface area contributed by atoms with E-state index in [4.69, 9.17) is 4.74 Å². The Bertz CT molecular complexity index is 149. The van der Waals surface area contributed by atoms with Crippen LogP contribution in [0.4, 0.5) is 0 Å². The molecule has 0 amide bonds. The quantitative estimate of drug-likeness (QED) is 0.523. The van der Waals surface area contributed by atoms with E-state index >= 15 is 0 Å². The summed E-state index contributed by atoms with van der Waals surface area (Å²) in [5.74, 6) is -0.132. The van der Waals surface area contributed by atoms with Crippen molar-refractivity contribution in [2.45, 2.75) is 18.6 Å². The summed E-state index contributed by atoms with van der Waals surface area (Å²) in [7, 11) is 3.62. The Morgan fingerprint density at radius 2 is 2.36 bits per heavy atom. The van der Waals surface area contributed by atoms with Gasteiger partial charge in [0.05, 0.1) is 0 Å². The maximum Gasteiger partial charge on any atom is 0.323 e. The molecule has 0 aromatic heterocycles. The molecule has 4 nitrogen and oxygen atoms in total. The molecule has 1 saturated heterocycles. The second-order valence-electron chi connectivity index (χ2n) is 2.69. The summed E-state index contributed by atoms with van der Waals surface area (Å²) in [6.45, 7) is 0.740. The molecule has 2 atom stereocenters. The zero-order valence-electron chi connectivity index (χ0n) is 6.89. The summed E-state index contributed by atoms with van der Waals surface area (Å²) in [6, 6.07) is -0.103. The highest BCUT2D eigenvalue weighted by Gasteiger charge is 2.32. The van der Waals surface area contributed by atoms with Crippen molar-refractivity contribution in [3.05, 3.63) is 0 Å². The third kappa shape index (κ3) is 1.91. The first-order valence-electron chi connectivity index (χ1n) is 3.80. The van der Waals surface area contributed by atoms with Crippen LogP contribution in [0.3, 0.4) is 0 Å². The maximum atomic E-state index is 11.0. The zero-order chi connectivity index (χ0) is 8.27. The molecule has 1 fully saturated rings. The van der Waals surface area contributed by atoms with Crippen LogP contribution < -0.4 is 10.6 Å². The van der Waals surface area contributed by atoms with Gasteiger partial charge in [0.2, 0.25) is 0 Å². The van der Waals surface area contributed by atoms with Crippen LogP contribution in [-0.4, -0.2) is 38.8 Å². The number of hydrogen-bond acceptors (Lipinski definition) is 4. The molecular formula is C7H14N2O2. The Morgan fingerprint density at radius 3 is 2.82 bits per heavy atom. The monoisotopic (exact) mass is 158 g/mol. The van der Waals surface area contributed by atoms with Crippen molar-refractivity contribution in [3.8, 4) is 0 Å². The van der Waals surface area contributed by atoms with E-state index < -0.39 is 0 Å². The molecule has 0 radical (unpaired) electrons. The molecule has 1 heterocycles. The summed E-state index contributed by atoms with van der Waals surface area (Å²) in [4.78, 5) is 11.0. The highest BCUT2D eigenvalue weighted by molar-refractivity contribution is 5.77. The predicted molar refractivity (Wildman–Crippen MR) is 41.3 cm³/mol. The largest absolute Gasteiger partial charge is 0.460 e. The Labute approximate surface area is 66.3 Å². The number of carbonyl (C=O) groups excluding carboxylic acids is 1. The van der Waals surface area contributed by atoms with Crippen LogP contribution in [0, 0.1) is 0 Å². The van der Waals surface area contributed by atoms with Crippen LogP contribution >= 0.6 is 0 Å².